The van der Waals surface area contributed by atoms with Gasteiger partial charge in [-0.1, -0.05) is 24.3 Å². The lowest BCUT2D eigenvalue weighted by molar-refractivity contribution is 0.600. The molecular weight excluding hydrogens is 210 g/mol. The van der Waals surface area contributed by atoms with Crippen LogP contribution in [0.2, 0.25) is 0 Å². The van der Waals surface area contributed by atoms with E-state index in [9.17, 15) is 8.42 Å². The Hall–Kier alpha value is -1.42. The van der Waals surface area contributed by atoms with E-state index in [2.05, 4.69) is 4.98 Å². The van der Waals surface area contributed by atoms with Gasteiger partial charge in [0.05, 0.1) is 17.0 Å². The average molecular weight is 221 g/mol. The number of fused-ring (bicyclic) bond motifs is 1. The smallest absolute Gasteiger partial charge is 0.153 e. The lowest BCUT2D eigenvalue weighted by Crippen LogP contribution is -2.02. The standard InChI is InChI=1S/C11H11NO2S/c1-15(13,14)8-10-7-6-9-4-2-3-5-11(9)12-10/h2-7H,8H2,1H3. The van der Waals surface area contributed by atoms with Crippen molar-refractivity contribution < 1.29 is 8.42 Å². The normalized spacial score (nSPS) is 11.8. The minimum atomic E-state index is -3.01. The first-order valence-electron chi connectivity index (χ1n) is 4.57. The SMILES string of the molecule is CS(=O)(=O)Cc1ccc2ccccc2n1. The van der Waals surface area contributed by atoms with Crippen LogP contribution < -0.4 is 0 Å². The van der Waals surface area contributed by atoms with Crippen molar-refractivity contribution in [2.75, 3.05) is 6.26 Å². The van der Waals surface area contributed by atoms with Crippen LogP contribution in [-0.2, 0) is 15.6 Å². The highest BCUT2D eigenvalue weighted by molar-refractivity contribution is 7.89. The van der Waals surface area contributed by atoms with Gasteiger partial charge in [-0.3, -0.25) is 4.98 Å². The van der Waals surface area contributed by atoms with Gasteiger partial charge in [0.1, 0.15) is 0 Å². The van der Waals surface area contributed by atoms with Crippen molar-refractivity contribution in [3.63, 3.8) is 0 Å². The third-order valence-electron chi connectivity index (χ3n) is 2.07. The lowest BCUT2D eigenvalue weighted by Gasteiger charge is -2.01. The highest BCUT2D eigenvalue weighted by Gasteiger charge is 2.05. The number of nitrogens with zero attached hydrogens (tertiary/aromatic N) is 1. The second-order valence-corrected chi connectivity index (χ2v) is 5.71. The van der Waals surface area contributed by atoms with Gasteiger partial charge in [-0.2, -0.15) is 0 Å². The van der Waals surface area contributed by atoms with Gasteiger partial charge in [0.25, 0.3) is 0 Å². The molecule has 0 saturated carbocycles. The quantitative estimate of drug-likeness (QED) is 0.776. The summed E-state index contributed by atoms with van der Waals surface area (Å²) >= 11 is 0. The van der Waals surface area contributed by atoms with Crippen molar-refractivity contribution in [1.82, 2.24) is 4.98 Å². The number of benzene rings is 1. The van der Waals surface area contributed by atoms with Crippen LogP contribution in [0.5, 0.6) is 0 Å². The molecule has 1 aromatic carbocycles. The third-order valence-corrected chi connectivity index (χ3v) is 2.89. The molecule has 3 nitrogen and oxygen atoms in total. The molecule has 0 aliphatic carbocycles. The van der Waals surface area contributed by atoms with E-state index in [-0.39, 0.29) is 5.75 Å². The molecular formula is C11H11NO2S. The second-order valence-electron chi connectivity index (χ2n) is 3.57. The number of aromatic nitrogens is 1. The fraction of sp³-hybridized carbons (Fsp3) is 0.182. The molecule has 4 heteroatoms. The van der Waals surface area contributed by atoms with E-state index in [0.717, 1.165) is 10.9 Å². The van der Waals surface area contributed by atoms with Gasteiger partial charge in [0.2, 0.25) is 0 Å². The first-order valence-corrected chi connectivity index (χ1v) is 6.63. The van der Waals surface area contributed by atoms with Crippen molar-refractivity contribution in [2.45, 2.75) is 5.75 Å². The zero-order valence-corrected chi connectivity index (χ0v) is 9.16. The Labute approximate surface area is 88.7 Å². The maximum Gasteiger partial charge on any atom is 0.153 e. The molecule has 0 atom stereocenters. The minimum Gasteiger partial charge on any atom is -0.252 e. The van der Waals surface area contributed by atoms with Gasteiger partial charge in [-0.05, 0) is 12.1 Å². The zero-order valence-electron chi connectivity index (χ0n) is 8.34. The molecule has 0 spiro atoms. The summed E-state index contributed by atoms with van der Waals surface area (Å²) in [6.45, 7) is 0. The van der Waals surface area contributed by atoms with Crippen LogP contribution >= 0.6 is 0 Å². The molecule has 2 aromatic rings. The summed E-state index contributed by atoms with van der Waals surface area (Å²) in [5.41, 5.74) is 1.43. The molecule has 15 heavy (non-hydrogen) atoms. The Kier molecular flexibility index (Phi) is 2.44. The molecule has 0 radical (unpaired) electrons. The molecule has 1 heterocycles. The summed E-state index contributed by atoms with van der Waals surface area (Å²) in [4.78, 5) is 4.28. The molecule has 78 valence electrons. The molecule has 0 amide bonds. The van der Waals surface area contributed by atoms with E-state index in [1.807, 2.05) is 30.3 Å². The van der Waals surface area contributed by atoms with Gasteiger partial charge >= 0.3 is 0 Å². The van der Waals surface area contributed by atoms with E-state index in [1.54, 1.807) is 6.07 Å². The summed E-state index contributed by atoms with van der Waals surface area (Å²) < 4.78 is 22.2. The van der Waals surface area contributed by atoms with Crippen LogP contribution in [0.1, 0.15) is 5.69 Å². The number of pyridine rings is 1. The van der Waals surface area contributed by atoms with E-state index < -0.39 is 9.84 Å². The monoisotopic (exact) mass is 221 g/mol. The first kappa shape index (κ1) is 10.1. The maximum absolute atomic E-state index is 11.1. The summed E-state index contributed by atoms with van der Waals surface area (Å²) in [5, 5.41) is 1.02. The predicted octanol–water partition coefficient (Wildman–Crippen LogP) is 1.78. The second kappa shape index (κ2) is 3.62. The van der Waals surface area contributed by atoms with Crippen molar-refractivity contribution in [3.05, 3.63) is 42.1 Å². The fourth-order valence-corrected chi connectivity index (χ4v) is 2.16. The summed E-state index contributed by atoms with van der Waals surface area (Å²) in [6, 6.07) is 11.3. The van der Waals surface area contributed by atoms with E-state index >= 15 is 0 Å². The highest BCUT2D eigenvalue weighted by atomic mass is 32.2. The van der Waals surface area contributed by atoms with Crippen molar-refractivity contribution in [3.8, 4) is 0 Å². The topological polar surface area (TPSA) is 47.0 Å². The minimum absolute atomic E-state index is 0.00215. The molecule has 0 aliphatic heterocycles. The predicted molar refractivity (Wildman–Crippen MR) is 60.3 cm³/mol. The Morgan fingerprint density at radius 3 is 2.60 bits per heavy atom. The van der Waals surface area contributed by atoms with E-state index in [0.29, 0.717) is 5.69 Å². The molecule has 0 unspecified atom stereocenters. The van der Waals surface area contributed by atoms with Crippen LogP contribution in [0.4, 0.5) is 0 Å². The molecule has 0 N–H and O–H groups in total. The summed E-state index contributed by atoms with van der Waals surface area (Å²) in [7, 11) is -3.01. The Balaban J connectivity index is 2.48. The van der Waals surface area contributed by atoms with Gasteiger partial charge in [0, 0.05) is 11.6 Å². The average Bonchev–Trinajstić information content (AvgIpc) is 2.15. The van der Waals surface area contributed by atoms with Gasteiger partial charge in [-0.25, -0.2) is 8.42 Å². The van der Waals surface area contributed by atoms with Crippen LogP contribution in [0.15, 0.2) is 36.4 Å². The van der Waals surface area contributed by atoms with Crippen LogP contribution in [0.3, 0.4) is 0 Å². The number of para-hydroxylation sites is 1. The fourth-order valence-electron chi connectivity index (χ4n) is 1.46. The molecule has 1 aromatic heterocycles. The summed E-state index contributed by atoms with van der Waals surface area (Å²) in [5.74, 6) is -0.00215. The number of hydrogen-bond acceptors (Lipinski definition) is 3. The van der Waals surface area contributed by atoms with Crippen molar-refractivity contribution >= 4 is 20.7 Å². The lowest BCUT2D eigenvalue weighted by atomic mass is 10.2. The Morgan fingerprint density at radius 1 is 1.13 bits per heavy atom. The Bertz CT molecular complexity index is 590. The van der Waals surface area contributed by atoms with Crippen molar-refractivity contribution in [1.29, 1.82) is 0 Å². The maximum atomic E-state index is 11.1. The van der Waals surface area contributed by atoms with Gasteiger partial charge < -0.3 is 0 Å². The largest absolute Gasteiger partial charge is 0.252 e. The summed E-state index contributed by atoms with van der Waals surface area (Å²) in [6.07, 6.45) is 1.21. The van der Waals surface area contributed by atoms with Crippen LogP contribution in [-0.4, -0.2) is 19.7 Å². The third kappa shape index (κ3) is 2.53. The number of sulfone groups is 1. The highest BCUT2D eigenvalue weighted by Crippen LogP contribution is 2.12. The Morgan fingerprint density at radius 2 is 1.87 bits per heavy atom. The van der Waals surface area contributed by atoms with Crippen molar-refractivity contribution in [2.24, 2.45) is 0 Å². The first-order chi connectivity index (χ1) is 7.04. The zero-order chi connectivity index (χ0) is 10.9. The molecule has 0 aliphatic rings. The molecule has 2 rings (SSSR count). The van der Waals surface area contributed by atoms with Gasteiger partial charge in [0.15, 0.2) is 9.84 Å². The number of rotatable bonds is 2. The molecule has 0 bridgehead atoms. The van der Waals surface area contributed by atoms with Crippen LogP contribution in [0.25, 0.3) is 10.9 Å². The van der Waals surface area contributed by atoms with E-state index in [4.69, 9.17) is 0 Å². The van der Waals surface area contributed by atoms with Crippen LogP contribution in [0, 0.1) is 0 Å². The van der Waals surface area contributed by atoms with E-state index in [1.165, 1.54) is 6.26 Å². The molecule has 0 fully saturated rings. The number of hydrogen-bond donors (Lipinski definition) is 0. The molecule has 0 saturated heterocycles. The van der Waals surface area contributed by atoms with Gasteiger partial charge in [-0.15, -0.1) is 0 Å².